The highest BCUT2D eigenvalue weighted by atomic mass is 19.2. The van der Waals surface area contributed by atoms with Crippen molar-refractivity contribution in [3.63, 3.8) is 0 Å². The van der Waals surface area contributed by atoms with Crippen LogP contribution in [0.2, 0.25) is 0 Å². The molecule has 1 aromatic heterocycles. The van der Waals surface area contributed by atoms with Crippen LogP contribution in [-0.4, -0.2) is 29.5 Å². The van der Waals surface area contributed by atoms with E-state index in [1.54, 1.807) is 24.4 Å². The first-order valence-corrected chi connectivity index (χ1v) is 7.37. The molecule has 0 unspecified atom stereocenters. The van der Waals surface area contributed by atoms with Gasteiger partial charge in [-0.05, 0) is 43.3 Å². The third kappa shape index (κ3) is 3.01. The minimum atomic E-state index is -0.851. The second-order valence-corrected chi connectivity index (χ2v) is 5.65. The van der Waals surface area contributed by atoms with E-state index in [4.69, 9.17) is 5.26 Å². The molecule has 0 saturated carbocycles. The summed E-state index contributed by atoms with van der Waals surface area (Å²) in [4.78, 5) is 6.29. The lowest BCUT2D eigenvalue weighted by atomic mass is 9.99. The molecule has 0 amide bonds. The van der Waals surface area contributed by atoms with Crippen molar-refractivity contribution in [2.45, 2.75) is 18.5 Å². The maximum absolute atomic E-state index is 13.6. The second-order valence-electron chi connectivity index (χ2n) is 5.65. The van der Waals surface area contributed by atoms with Crippen LogP contribution in [0.5, 0.6) is 0 Å². The number of hydrogen-bond acceptors (Lipinski definition) is 4. The highest BCUT2D eigenvalue weighted by molar-refractivity contribution is 5.52. The molecular weight excluding hydrogens is 298 g/mol. The summed E-state index contributed by atoms with van der Waals surface area (Å²) >= 11 is 0. The Labute approximate surface area is 133 Å². The zero-order valence-electron chi connectivity index (χ0n) is 12.6. The van der Waals surface area contributed by atoms with E-state index in [1.165, 1.54) is 6.07 Å². The lowest BCUT2D eigenvalue weighted by Gasteiger charge is -2.26. The quantitative estimate of drug-likeness (QED) is 0.946. The molecule has 0 aliphatic carbocycles. The fourth-order valence-electron chi connectivity index (χ4n) is 3.07. The first kappa shape index (κ1) is 15.4. The maximum Gasteiger partial charge on any atom is 0.159 e. The number of nitriles is 1. The van der Waals surface area contributed by atoms with Gasteiger partial charge >= 0.3 is 0 Å². The zero-order valence-corrected chi connectivity index (χ0v) is 12.6. The van der Waals surface area contributed by atoms with E-state index in [2.05, 4.69) is 21.3 Å². The summed E-state index contributed by atoms with van der Waals surface area (Å²) in [7, 11) is 1.94. The van der Waals surface area contributed by atoms with Gasteiger partial charge in [0.2, 0.25) is 0 Å². The fourth-order valence-corrected chi connectivity index (χ4v) is 3.07. The molecule has 0 radical (unpaired) electrons. The van der Waals surface area contributed by atoms with Gasteiger partial charge in [-0.1, -0.05) is 6.07 Å². The normalized spacial score (nSPS) is 21.1. The molecule has 1 saturated heterocycles. The molecule has 23 heavy (non-hydrogen) atoms. The molecule has 118 valence electrons. The van der Waals surface area contributed by atoms with E-state index < -0.39 is 11.6 Å². The van der Waals surface area contributed by atoms with Gasteiger partial charge in [-0.3, -0.25) is 4.90 Å². The molecule has 1 fully saturated rings. The van der Waals surface area contributed by atoms with Crippen molar-refractivity contribution in [3.8, 4) is 6.07 Å². The van der Waals surface area contributed by atoms with Gasteiger partial charge in [0.1, 0.15) is 11.9 Å². The summed E-state index contributed by atoms with van der Waals surface area (Å²) in [6.45, 7) is 0.816. The van der Waals surface area contributed by atoms with E-state index in [0.717, 1.165) is 19.0 Å². The molecule has 3 rings (SSSR count). The molecular formula is C17H16F2N4. The van der Waals surface area contributed by atoms with E-state index in [1.807, 2.05) is 7.05 Å². The Hall–Kier alpha value is -2.52. The Balaban J connectivity index is 1.89. The number of rotatable bonds is 3. The van der Waals surface area contributed by atoms with Crippen molar-refractivity contribution >= 4 is 5.82 Å². The molecule has 2 heterocycles. The average Bonchev–Trinajstić information content (AvgIpc) is 2.91. The molecule has 0 bridgehead atoms. The predicted molar refractivity (Wildman–Crippen MR) is 82.7 cm³/mol. The molecule has 4 nitrogen and oxygen atoms in total. The molecule has 0 spiro atoms. The first-order chi connectivity index (χ1) is 11.1. The van der Waals surface area contributed by atoms with Gasteiger partial charge in [-0.2, -0.15) is 5.26 Å². The van der Waals surface area contributed by atoms with Crippen LogP contribution in [0.3, 0.4) is 0 Å². The van der Waals surface area contributed by atoms with Crippen molar-refractivity contribution < 1.29 is 8.78 Å². The van der Waals surface area contributed by atoms with E-state index in [-0.39, 0.29) is 12.1 Å². The van der Waals surface area contributed by atoms with Crippen LogP contribution in [0.4, 0.5) is 14.6 Å². The summed E-state index contributed by atoms with van der Waals surface area (Å²) in [6, 6.07) is 9.34. The number of pyridine rings is 1. The third-order valence-corrected chi connectivity index (χ3v) is 4.18. The highest BCUT2D eigenvalue weighted by Crippen LogP contribution is 2.33. The number of likely N-dealkylation sites (tertiary alicyclic amines) is 1. The van der Waals surface area contributed by atoms with Crippen molar-refractivity contribution in [2.75, 3.05) is 18.9 Å². The molecule has 2 atom stereocenters. The van der Waals surface area contributed by atoms with Gasteiger partial charge in [0.05, 0.1) is 11.6 Å². The number of halogens is 2. The second kappa shape index (κ2) is 6.31. The minimum Gasteiger partial charge on any atom is -0.364 e. The number of anilines is 1. The van der Waals surface area contributed by atoms with E-state index in [0.29, 0.717) is 16.9 Å². The van der Waals surface area contributed by atoms with Crippen LogP contribution in [0.25, 0.3) is 0 Å². The van der Waals surface area contributed by atoms with Crippen LogP contribution in [0.15, 0.2) is 36.5 Å². The summed E-state index contributed by atoms with van der Waals surface area (Å²) in [5.74, 6) is -1.18. The van der Waals surface area contributed by atoms with Gasteiger partial charge in [0, 0.05) is 18.8 Å². The summed E-state index contributed by atoms with van der Waals surface area (Å²) < 4.78 is 26.7. The average molecular weight is 314 g/mol. The lowest BCUT2D eigenvalue weighted by Crippen LogP contribution is -2.29. The Morgan fingerprint density at radius 1 is 1.30 bits per heavy atom. The molecule has 1 aliphatic heterocycles. The standard InChI is InChI=1S/C17H16F2N4/c1-23-8-6-15(22-17-12(10-20)3-2-7-21-17)16(23)11-4-5-13(18)14(19)9-11/h2-5,7,9,15-16H,6,8H2,1H3,(H,21,22)/t15-,16-/m1/s1. The van der Waals surface area contributed by atoms with Crippen molar-refractivity contribution in [2.24, 2.45) is 0 Å². The number of nitrogens with one attached hydrogen (secondary N) is 1. The number of hydrogen-bond donors (Lipinski definition) is 1. The molecule has 2 aromatic rings. The SMILES string of the molecule is CN1CC[C@@H](Nc2ncccc2C#N)[C@H]1c1ccc(F)c(F)c1. The van der Waals surface area contributed by atoms with Gasteiger partial charge in [0.15, 0.2) is 11.6 Å². The Morgan fingerprint density at radius 2 is 2.13 bits per heavy atom. The summed E-state index contributed by atoms with van der Waals surface area (Å²) in [5.41, 5.74) is 1.17. The number of nitrogens with zero attached hydrogens (tertiary/aromatic N) is 3. The van der Waals surface area contributed by atoms with Crippen molar-refractivity contribution in [1.82, 2.24) is 9.88 Å². The van der Waals surface area contributed by atoms with Crippen LogP contribution in [0.1, 0.15) is 23.6 Å². The first-order valence-electron chi connectivity index (χ1n) is 7.37. The van der Waals surface area contributed by atoms with E-state index >= 15 is 0 Å². The van der Waals surface area contributed by atoms with Gasteiger partial charge in [0.25, 0.3) is 0 Å². The van der Waals surface area contributed by atoms with Crippen molar-refractivity contribution in [1.29, 1.82) is 5.26 Å². The third-order valence-electron chi connectivity index (χ3n) is 4.18. The van der Waals surface area contributed by atoms with Crippen LogP contribution < -0.4 is 5.32 Å². The molecule has 1 aromatic carbocycles. The zero-order chi connectivity index (χ0) is 16.4. The Bertz CT molecular complexity index is 756. The maximum atomic E-state index is 13.6. The highest BCUT2D eigenvalue weighted by Gasteiger charge is 2.34. The topological polar surface area (TPSA) is 52.0 Å². The fraction of sp³-hybridized carbons (Fsp3) is 0.294. The van der Waals surface area contributed by atoms with Gasteiger partial charge in [-0.15, -0.1) is 0 Å². The number of benzene rings is 1. The minimum absolute atomic E-state index is 0.0353. The van der Waals surface area contributed by atoms with Crippen molar-refractivity contribution in [3.05, 3.63) is 59.3 Å². The van der Waals surface area contributed by atoms with Crippen LogP contribution >= 0.6 is 0 Å². The predicted octanol–water partition coefficient (Wildman–Crippen LogP) is 3.09. The smallest absolute Gasteiger partial charge is 0.159 e. The Kier molecular flexibility index (Phi) is 4.22. The summed E-state index contributed by atoms with van der Waals surface area (Å²) in [5, 5.41) is 12.4. The van der Waals surface area contributed by atoms with E-state index in [9.17, 15) is 8.78 Å². The van der Waals surface area contributed by atoms with Crippen LogP contribution in [-0.2, 0) is 0 Å². The van der Waals surface area contributed by atoms with Crippen LogP contribution in [0, 0.1) is 23.0 Å². The lowest BCUT2D eigenvalue weighted by molar-refractivity contribution is 0.307. The molecule has 1 aliphatic rings. The molecule has 1 N–H and O–H groups in total. The summed E-state index contributed by atoms with van der Waals surface area (Å²) in [6.07, 6.45) is 2.44. The largest absolute Gasteiger partial charge is 0.364 e. The number of aromatic nitrogens is 1. The number of likely N-dealkylation sites (N-methyl/N-ethyl adjacent to an activating group) is 1. The van der Waals surface area contributed by atoms with Gasteiger partial charge in [-0.25, -0.2) is 13.8 Å². The Morgan fingerprint density at radius 3 is 2.87 bits per heavy atom. The monoisotopic (exact) mass is 314 g/mol. The molecule has 6 heteroatoms. The van der Waals surface area contributed by atoms with Gasteiger partial charge < -0.3 is 5.32 Å².